The highest BCUT2D eigenvalue weighted by Gasteiger charge is 2.10. The van der Waals surface area contributed by atoms with Gasteiger partial charge in [0.05, 0.1) is 16.4 Å². The van der Waals surface area contributed by atoms with Gasteiger partial charge in [-0.05, 0) is 36.4 Å². The molecule has 0 radical (unpaired) electrons. The Hall–Kier alpha value is -1.91. The molecule has 0 heterocycles. The molecular formula is C13H10Cl2N2O2. The number of halogens is 2. The number of nitrogens with two attached hydrogens (primary N) is 1. The van der Waals surface area contributed by atoms with Crippen molar-refractivity contribution in [3.05, 3.63) is 52.0 Å². The van der Waals surface area contributed by atoms with Crippen molar-refractivity contribution in [1.82, 2.24) is 0 Å². The van der Waals surface area contributed by atoms with Gasteiger partial charge in [-0.3, -0.25) is 4.79 Å². The van der Waals surface area contributed by atoms with Gasteiger partial charge in [0.15, 0.2) is 0 Å². The number of aromatic hydroxyl groups is 1. The Labute approximate surface area is 119 Å². The minimum absolute atomic E-state index is 0.0697. The highest BCUT2D eigenvalue weighted by atomic mass is 35.5. The number of carbonyl (C=O) groups excluding carboxylic acids is 1. The molecule has 0 fully saturated rings. The first-order valence-electron chi connectivity index (χ1n) is 5.32. The number of phenolic OH excluding ortho intramolecular Hbond substituents is 1. The zero-order valence-electron chi connectivity index (χ0n) is 9.65. The number of hydrogen-bond donors (Lipinski definition) is 3. The van der Waals surface area contributed by atoms with Gasteiger partial charge in [-0.1, -0.05) is 23.2 Å². The molecule has 0 unspecified atom stereocenters. The molecular weight excluding hydrogens is 287 g/mol. The van der Waals surface area contributed by atoms with Crippen LogP contribution in [0.15, 0.2) is 36.4 Å². The van der Waals surface area contributed by atoms with E-state index in [2.05, 4.69) is 5.32 Å². The first-order chi connectivity index (χ1) is 8.97. The molecule has 2 rings (SSSR count). The maximum Gasteiger partial charge on any atom is 0.255 e. The summed E-state index contributed by atoms with van der Waals surface area (Å²) < 4.78 is 0. The topological polar surface area (TPSA) is 75.4 Å². The van der Waals surface area contributed by atoms with Crippen LogP contribution in [0.5, 0.6) is 5.75 Å². The number of nitrogen functional groups attached to an aromatic ring is 1. The summed E-state index contributed by atoms with van der Waals surface area (Å²) in [5.41, 5.74) is 6.50. The summed E-state index contributed by atoms with van der Waals surface area (Å²) in [7, 11) is 0. The smallest absolute Gasteiger partial charge is 0.255 e. The lowest BCUT2D eigenvalue weighted by Gasteiger charge is -2.08. The molecule has 0 aliphatic heterocycles. The molecule has 0 aliphatic carbocycles. The van der Waals surface area contributed by atoms with Crippen LogP contribution in [-0.4, -0.2) is 11.0 Å². The van der Waals surface area contributed by atoms with Crippen LogP contribution >= 0.6 is 23.2 Å². The van der Waals surface area contributed by atoms with E-state index in [-0.39, 0.29) is 11.4 Å². The number of rotatable bonds is 2. The molecule has 6 heteroatoms. The van der Waals surface area contributed by atoms with Crippen LogP contribution in [0.1, 0.15) is 10.4 Å². The van der Waals surface area contributed by atoms with Crippen LogP contribution in [0, 0.1) is 0 Å². The van der Waals surface area contributed by atoms with Crippen LogP contribution < -0.4 is 11.1 Å². The SMILES string of the molecule is Nc1cc(C(=O)Nc2cc(Cl)ccc2O)ccc1Cl. The predicted octanol–water partition coefficient (Wildman–Crippen LogP) is 3.53. The van der Waals surface area contributed by atoms with E-state index in [0.29, 0.717) is 21.3 Å². The van der Waals surface area contributed by atoms with Crippen LogP contribution in [-0.2, 0) is 0 Å². The largest absolute Gasteiger partial charge is 0.506 e. The van der Waals surface area contributed by atoms with Crippen molar-refractivity contribution in [1.29, 1.82) is 0 Å². The second-order valence-electron chi connectivity index (χ2n) is 3.85. The lowest BCUT2D eigenvalue weighted by Crippen LogP contribution is -2.12. The Morgan fingerprint density at radius 1 is 1.16 bits per heavy atom. The number of carbonyl (C=O) groups is 1. The fourth-order valence-electron chi connectivity index (χ4n) is 1.49. The molecule has 0 atom stereocenters. The highest BCUT2D eigenvalue weighted by molar-refractivity contribution is 6.33. The molecule has 0 bridgehead atoms. The van der Waals surface area contributed by atoms with E-state index in [9.17, 15) is 9.90 Å². The normalized spacial score (nSPS) is 10.2. The lowest BCUT2D eigenvalue weighted by molar-refractivity contribution is 0.102. The van der Waals surface area contributed by atoms with Crippen molar-refractivity contribution >= 4 is 40.5 Å². The van der Waals surface area contributed by atoms with Crippen LogP contribution in [0.25, 0.3) is 0 Å². The van der Waals surface area contributed by atoms with E-state index >= 15 is 0 Å². The molecule has 19 heavy (non-hydrogen) atoms. The molecule has 4 N–H and O–H groups in total. The van der Waals surface area contributed by atoms with Crippen molar-refractivity contribution in [2.45, 2.75) is 0 Å². The Morgan fingerprint density at radius 2 is 1.89 bits per heavy atom. The van der Waals surface area contributed by atoms with Crippen LogP contribution in [0.2, 0.25) is 10.0 Å². The monoisotopic (exact) mass is 296 g/mol. The van der Waals surface area contributed by atoms with Gasteiger partial charge in [0.1, 0.15) is 5.75 Å². The first-order valence-corrected chi connectivity index (χ1v) is 6.08. The van der Waals surface area contributed by atoms with Gasteiger partial charge in [0.2, 0.25) is 0 Å². The van der Waals surface area contributed by atoms with Gasteiger partial charge < -0.3 is 16.2 Å². The molecule has 0 aromatic heterocycles. The average molecular weight is 297 g/mol. The van der Waals surface area contributed by atoms with E-state index in [0.717, 1.165) is 0 Å². The highest BCUT2D eigenvalue weighted by Crippen LogP contribution is 2.27. The number of amides is 1. The van der Waals surface area contributed by atoms with Gasteiger partial charge >= 0.3 is 0 Å². The Balaban J connectivity index is 2.25. The summed E-state index contributed by atoms with van der Waals surface area (Å²) in [6, 6.07) is 8.90. The lowest BCUT2D eigenvalue weighted by atomic mass is 10.2. The van der Waals surface area contributed by atoms with Gasteiger partial charge in [-0.15, -0.1) is 0 Å². The van der Waals surface area contributed by atoms with Gasteiger partial charge in [0, 0.05) is 10.6 Å². The maximum absolute atomic E-state index is 12.0. The van der Waals surface area contributed by atoms with Crippen LogP contribution in [0.3, 0.4) is 0 Å². The van der Waals surface area contributed by atoms with Crippen LogP contribution in [0.4, 0.5) is 11.4 Å². The zero-order valence-corrected chi connectivity index (χ0v) is 11.2. The minimum Gasteiger partial charge on any atom is -0.506 e. The first kappa shape index (κ1) is 13.5. The summed E-state index contributed by atoms with van der Waals surface area (Å²) in [5.74, 6) is -0.486. The predicted molar refractivity (Wildman–Crippen MR) is 76.9 cm³/mol. The number of anilines is 2. The number of phenols is 1. The summed E-state index contributed by atoms with van der Waals surface area (Å²) >= 11 is 11.6. The molecule has 4 nitrogen and oxygen atoms in total. The quantitative estimate of drug-likeness (QED) is 0.586. The van der Waals surface area contributed by atoms with Gasteiger partial charge in [-0.25, -0.2) is 0 Å². The van der Waals surface area contributed by atoms with E-state index in [1.165, 1.54) is 36.4 Å². The summed E-state index contributed by atoms with van der Waals surface area (Å²) in [4.78, 5) is 12.0. The molecule has 2 aromatic carbocycles. The molecule has 0 spiro atoms. The number of nitrogens with one attached hydrogen (secondary N) is 1. The van der Waals surface area contributed by atoms with Crippen molar-refractivity contribution in [2.24, 2.45) is 0 Å². The maximum atomic E-state index is 12.0. The fraction of sp³-hybridized carbons (Fsp3) is 0. The number of hydrogen-bond acceptors (Lipinski definition) is 3. The van der Waals surface area contributed by atoms with E-state index in [4.69, 9.17) is 28.9 Å². The summed E-state index contributed by atoms with van der Waals surface area (Å²) in [6.07, 6.45) is 0. The molecule has 98 valence electrons. The van der Waals surface area contributed by atoms with Crippen molar-refractivity contribution in [3.8, 4) is 5.75 Å². The molecule has 0 aliphatic rings. The third-order valence-electron chi connectivity index (χ3n) is 2.46. The van der Waals surface area contributed by atoms with Gasteiger partial charge in [0.25, 0.3) is 5.91 Å². The van der Waals surface area contributed by atoms with E-state index in [1.807, 2.05) is 0 Å². The van der Waals surface area contributed by atoms with E-state index in [1.54, 1.807) is 0 Å². The Bertz CT molecular complexity index is 645. The fourth-order valence-corrected chi connectivity index (χ4v) is 1.78. The molecule has 2 aromatic rings. The Morgan fingerprint density at radius 3 is 2.58 bits per heavy atom. The Kier molecular flexibility index (Phi) is 3.83. The summed E-state index contributed by atoms with van der Waals surface area (Å²) in [5, 5.41) is 12.9. The van der Waals surface area contributed by atoms with E-state index < -0.39 is 5.91 Å². The van der Waals surface area contributed by atoms with Crippen molar-refractivity contribution in [2.75, 3.05) is 11.1 Å². The van der Waals surface area contributed by atoms with Crippen molar-refractivity contribution in [3.63, 3.8) is 0 Å². The second kappa shape index (κ2) is 5.38. The number of benzene rings is 2. The average Bonchev–Trinajstić information content (AvgIpc) is 2.37. The second-order valence-corrected chi connectivity index (χ2v) is 4.70. The standard InChI is InChI=1S/C13H10Cl2N2O2/c14-8-2-4-12(18)11(6-8)17-13(19)7-1-3-9(15)10(16)5-7/h1-6,18H,16H2,(H,17,19). The zero-order chi connectivity index (χ0) is 14.0. The van der Waals surface area contributed by atoms with Gasteiger partial charge in [-0.2, -0.15) is 0 Å². The molecule has 0 saturated heterocycles. The van der Waals surface area contributed by atoms with Crippen molar-refractivity contribution < 1.29 is 9.90 Å². The summed E-state index contributed by atoms with van der Waals surface area (Å²) in [6.45, 7) is 0. The molecule has 0 saturated carbocycles. The minimum atomic E-state index is -0.416. The molecule has 1 amide bonds. The third kappa shape index (κ3) is 3.10. The third-order valence-corrected chi connectivity index (χ3v) is 3.04.